The molecule has 0 bridgehead atoms. The molecule has 0 atom stereocenters. The minimum Gasteiger partial charge on any atom is -0.0622 e. The van der Waals surface area contributed by atoms with E-state index in [0.29, 0.717) is 0 Å². The molecule has 0 spiro atoms. The van der Waals surface area contributed by atoms with Crippen molar-refractivity contribution in [1.29, 1.82) is 0 Å². The smallest absolute Gasteiger partial charge is 0.00261 e. The standard InChI is InChI=1S/C44H32/c1-2-30-20-22-33(23-21-30)42-29-36(26-27-37(42)32-13-4-3-5-14-32)44-40-18-10-8-16-38(40)43(39-17-9-11-19-41(39)44)35-25-24-31-12-6-7-15-34(31)28-35/h3-29H,2H2,1H3. The molecule has 0 N–H and O–H groups in total. The van der Waals surface area contributed by atoms with Gasteiger partial charge in [0.1, 0.15) is 0 Å². The minimum atomic E-state index is 1.04. The maximum Gasteiger partial charge on any atom is -0.00261 e. The van der Waals surface area contributed by atoms with Crippen molar-refractivity contribution in [2.45, 2.75) is 13.3 Å². The summed E-state index contributed by atoms with van der Waals surface area (Å²) in [6.07, 6.45) is 1.04. The van der Waals surface area contributed by atoms with Crippen LogP contribution in [0.1, 0.15) is 12.5 Å². The molecule has 8 aromatic rings. The highest BCUT2D eigenvalue weighted by Crippen LogP contribution is 2.45. The predicted octanol–water partition coefficient (Wildman–Crippen LogP) is 12.4. The van der Waals surface area contributed by atoms with E-state index in [-0.39, 0.29) is 0 Å². The molecular formula is C44H32. The van der Waals surface area contributed by atoms with E-state index in [1.807, 2.05) is 0 Å². The van der Waals surface area contributed by atoms with Gasteiger partial charge in [0.2, 0.25) is 0 Å². The van der Waals surface area contributed by atoms with Crippen molar-refractivity contribution in [1.82, 2.24) is 0 Å². The molecular weight excluding hydrogens is 528 g/mol. The van der Waals surface area contributed by atoms with Crippen LogP contribution in [-0.2, 0) is 6.42 Å². The fraction of sp³-hybridized carbons (Fsp3) is 0.0455. The third kappa shape index (κ3) is 4.48. The first kappa shape index (κ1) is 26.2. The SMILES string of the molecule is CCc1ccc(-c2cc(-c3c4ccccc4c(-c4ccc5ccccc5c4)c4ccccc34)ccc2-c2ccccc2)cc1. The van der Waals surface area contributed by atoms with Gasteiger partial charge >= 0.3 is 0 Å². The Labute approximate surface area is 258 Å². The molecule has 0 saturated heterocycles. The van der Waals surface area contributed by atoms with Crippen LogP contribution in [0, 0.1) is 0 Å². The van der Waals surface area contributed by atoms with Crippen LogP contribution in [0.2, 0.25) is 0 Å². The van der Waals surface area contributed by atoms with E-state index >= 15 is 0 Å². The Morgan fingerprint density at radius 2 is 0.818 bits per heavy atom. The lowest BCUT2D eigenvalue weighted by Crippen LogP contribution is -1.93. The van der Waals surface area contributed by atoms with Crippen LogP contribution in [0.4, 0.5) is 0 Å². The first-order valence-corrected chi connectivity index (χ1v) is 15.5. The number of benzene rings is 8. The molecule has 0 aliphatic carbocycles. The summed E-state index contributed by atoms with van der Waals surface area (Å²) in [5.41, 5.74) is 11.4. The monoisotopic (exact) mass is 560 g/mol. The van der Waals surface area contributed by atoms with Gasteiger partial charge < -0.3 is 0 Å². The van der Waals surface area contributed by atoms with Gasteiger partial charge in [-0.2, -0.15) is 0 Å². The van der Waals surface area contributed by atoms with Crippen molar-refractivity contribution in [2.75, 3.05) is 0 Å². The van der Waals surface area contributed by atoms with Gasteiger partial charge in [-0.05, 0) is 101 Å². The third-order valence-corrected chi connectivity index (χ3v) is 9.04. The molecule has 0 heterocycles. The molecule has 0 aliphatic rings. The topological polar surface area (TPSA) is 0 Å². The maximum atomic E-state index is 2.41. The molecule has 0 radical (unpaired) electrons. The van der Waals surface area contributed by atoms with Crippen molar-refractivity contribution >= 4 is 32.3 Å². The van der Waals surface area contributed by atoms with Crippen molar-refractivity contribution in [3.05, 3.63) is 169 Å². The van der Waals surface area contributed by atoms with E-state index in [2.05, 4.69) is 171 Å². The second kappa shape index (κ2) is 11.0. The predicted molar refractivity (Wildman–Crippen MR) is 190 cm³/mol. The van der Waals surface area contributed by atoms with Crippen molar-refractivity contribution in [3.8, 4) is 44.5 Å². The van der Waals surface area contributed by atoms with Crippen LogP contribution in [-0.4, -0.2) is 0 Å². The lowest BCUT2D eigenvalue weighted by molar-refractivity contribution is 1.14. The van der Waals surface area contributed by atoms with E-state index in [1.54, 1.807) is 0 Å². The molecule has 0 amide bonds. The second-order valence-electron chi connectivity index (χ2n) is 11.6. The van der Waals surface area contributed by atoms with Gasteiger partial charge in [-0.1, -0.05) is 159 Å². The summed E-state index contributed by atoms with van der Waals surface area (Å²) in [5, 5.41) is 7.62. The Morgan fingerprint density at radius 1 is 0.341 bits per heavy atom. The summed E-state index contributed by atoms with van der Waals surface area (Å²) in [4.78, 5) is 0. The van der Waals surface area contributed by atoms with E-state index in [1.165, 1.54) is 82.4 Å². The summed E-state index contributed by atoms with van der Waals surface area (Å²) in [7, 11) is 0. The average Bonchev–Trinajstić information content (AvgIpc) is 3.10. The molecule has 8 rings (SSSR count). The molecule has 0 nitrogen and oxygen atoms in total. The van der Waals surface area contributed by atoms with Crippen LogP contribution in [0.25, 0.3) is 76.8 Å². The first-order chi connectivity index (χ1) is 21.8. The summed E-state index contributed by atoms with van der Waals surface area (Å²) >= 11 is 0. The van der Waals surface area contributed by atoms with Gasteiger partial charge in [-0.3, -0.25) is 0 Å². The quantitative estimate of drug-likeness (QED) is 0.184. The van der Waals surface area contributed by atoms with Gasteiger partial charge in [0.25, 0.3) is 0 Å². The maximum absolute atomic E-state index is 2.41. The van der Waals surface area contributed by atoms with Gasteiger partial charge in [0.05, 0.1) is 0 Å². The number of hydrogen-bond donors (Lipinski definition) is 0. The molecule has 0 aromatic heterocycles. The Morgan fingerprint density at radius 3 is 1.43 bits per heavy atom. The van der Waals surface area contributed by atoms with E-state index in [4.69, 9.17) is 0 Å². The highest BCUT2D eigenvalue weighted by Gasteiger charge is 2.18. The average molecular weight is 561 g/mol. The van der Waals surface area contributed by atoms with Gasteiger partial charge in [-0.15, -0.1) is 0 Å². The Hall–Kier alpha value is -5.46. The van der Waals surface area contributed by atoms with Crippen molar-refractivity contribution in [3.63, 3.8) is 0 Å². The lowest BCUT2D eigenvalue weighted by Gasteiger charge is -2.19. The van der Waals surface area contributed by atoms with Crippen LogP contribution in [0.15, 0.2) is 164 Å². The zero-order valence-corrected chi connectivity index (χ0v) is 24.8. The normalized spacial score (nSPS) is 11.4. The van der Waals surface area contributed by atoms with Gasteiger partial charge in [0.15, 0.2) is 0 Å². The van der Waals surface area contributed by atoms with E-state index in [9.17, 15) is 0 Å². The zero-order chi connectivity index (χ0) is 29.5. The molecule has 44 heavy (non-hydrogen) atoms. The fourth-order valence-corrected chi connectivity index (χ4v) is 6.82. The van der Waals surface area contributed by atoms with Crippen LogP contribution in [0.3, 0.4) is 0 Å². The van der Waals surface area contributed by atoms with E-state index in [0.717, 1.165) is 6.42 Å². The summed E-state index contributed by atoms with van der Waals surface area (Å²) in [6.45, 7) is 2.21. The summed E-state index contributed by atoms with van der Waals surface area (Å²) < 4.78 is 0. The van der Waals surface area contributed by atoms with E-state index < -0.39 is 0 Å². The van der Waals surface area contributed by atoms with Gasteiger partial charge in [0, 0.05) is 0 Å². The Kier molecular flexibility index (Phi) is 6.54. The Balaban J connectivity index is 1.42. The van der Waals surface area contributed by atoms with Crippen molar-refractivity contribution in [2.24, 2.45) is 0 Å². The number of hydrogen-bond acceptors (Lipinski definition) is 0. The van der Waals surface area contributed by atoms with Crippen LogP contribution >= 0.6 is 0 Å². The molecule has 0 aliphatic heterocycles. The molecule has 8 aromatic carbocycles. The highest BCUT2D eigenvalue weighted by atomic mass is 14.2. The van der Waals surface area contributed by atoms with Crippen LogP contribution in [0.5, 0.6) is 0 Å². The first-order valence-electron chi connectivity index (χ1n) is 15.5. The largest absolute Gasteiger partial charge is 0.0622 e. The molecule has 0 fully saturated rings. The zero-order valence-electron chi connectivity index (χ0n) is 24.8. The fourth-order valence-electron chi connectivity index (χ4n) is 6.82. The molecule has 0 saturated carbocycles. The highest BCUT2D eigenvalue weighted by molar-refractivity contribution is 6.22. The number of aryl methyl sites for hydroxylation is 1. The molecule has 208 valence electrons. The number of rotatable bonds is 5. The summed E-state index contributed by atoms with van der Waals surface area (Å²) in [6, 6.07) is 60.2. The Bertz CT molecular complexity index is 2230. The molecule has 0 heteroatoms. The minimum absolute atomic E-state index is 1.04. The van der Waals surface area contributed by atoms with Crippen molar-refractivity contribution < 1.29 is 0 Å². The lowest BCUT2D eigenvalue weighted by atomic mass is 9.84. The third-order valence-electron chi connectivity index (χ3n) is 9.04. The number of fused-ring (bicyclic) bond motifs is 3. The van der Waals surface area contributed by atoms with Crippen LogP contribution < -0.4 is 0 Å². The second-order valence-corrected chi connectivity index (χ2v) is 11.6. The van der Waals surface area contributed by atoms with Gasteiger partial charge in [-0.25, -0.2) is 0 Å². The molecule has 0 unspecified atom stereocenters. The summed E-state index contributed by atoms with van der Waals surface area (Å²) in [5.74, 6) is 0.